The third kappa shape index (κ3) is 4.51. The zero-order chi connectivity index (χ0) is 22.0. The minimum atomic E-state index is 0.0142. The van der Waals surface area contributed by atoms with Crippen LogP contribution in [0, 0.1) is 69.2 Å². The lowest BCUT2D eigenvalue weighted by Crippen LogP contribution is -2.31. The van der Waals surface area contributed by atoms with Crippen LogP contribution in [0.1, 0.15) is 67.2 Å². The molecule has 0 aliphatic carbocycles. The monoisotopic (exact) mass is 395 g/mol. The molecule has 0 saturated heterocycles. The number of hydrogen-bond acceptors (Lipinski definition) is 3. The number of anilines is 1. The van der Waals surface area contributed by atoms with Crippen molar-refractivity contribution in [1.82, 2.24) is 5.32 Å². The zero-order valence-corrected chi connectivity index (χ0v) is 20.3. The van der Waals surface area contributed by atoms with Crippen LogP contribution >= 0.6 is 0 Å². The van der Waals surface area contributed by atoms with Gasteiger partial charge in [0, 0.05) is 31.4 Å². The van der Waals surface area contributed by atoms with Gasteiger partial charge in [0.15, 0.2) is 0 Å². The van der Waals surface area contributed by atoms with E-state index in [1.54, 1.807) is 0 Å². The summed E-state index contributed by atoms with van der Waals surface area (Å²) in [6, 6.07) is 0.0142. The molecular weight excluding hydrogens is 354 g/mol. The van der Waals surface area contributed by atoms with Crippen LogP contribution in [-0.4, -0.2) is 19.6 Å². The smallest absolute Gasteiger partial charge is 0.0427 e. The quantitative estimate of drug-likeness (QED) is 0.545. The maximum absolute atomic E-state index is 6.60. The van der Waals surface area contributed by atoms with Gasteiger partial charge in [-0.15, -0.1) is 0 Å². The molecule has 0 saturated carbocycles. The fourth-order valence-corrected chi connectivity index (χ4v) is 4.49. The summed E-state index contributed by atoms with van der Waals surface area (Å²) in [5.74, 6) is 0. The van der Waals surface area contributed by atoms with E-state index in [-0.39, 0.29) is 6.04 Å². The maximum atomic E-state index is 6.60. The number of rotatable bonds is 7. The van der Waals surface area contributed by atoms with E-state index in [0.29, 0.717) is 0 Å². The average molecular weight is 396 g/mol. The minimum absolute atomic E-state index is 0.0142. The first-order chi connectivity index (χ1) is 13.5. The first kappa shape index (κ1) is 23.4. The summed E-state index contributed by atoms with van der Waals surface area (Å²) in [7, 11) is 0. The standard InChI is InChI=1S/C26H41N3/c1-14-16(3)20(7)25(21(8)17(14)4)24(27)13-28-11-12-29-26-22(9)18(5)15(2)19(6)23(26)10/h24,28-29H,11-13,27H2,1-10H3. The lowest BCUT2D eigenvalue weighted by molar-refractivity contribution is 0.602. The third-order valence-corrected chi connectivity index (χ3v) is 7.40. The molecule has 0 aliphatic rings. The molecule has 0 bridgehead atoms. The molecule has 0 heterocycles. The van der Waals surface area contributed by atoms with Crippen molar-refractivity contribution in [3.05, 3.63) is 61.2 Å². The van der Waals surface area contributed by atoms with Crippen molar-refractivity contribution >= 4 is 5.69 Å². The van der Waals surface area contributed by atoms with Gasteiger partial charge in [-0.2, -0.15) is 0 Å². The molecule has 0 aliphatic heterocycles. The zero-order valence-electron chi connectivity index (χ0n) is 20.3. The van der Waals surface area contributed by atoms with Gasteiger partial charge in [-0.25, -0.2) is 0 Å². The predicted molar refractivity (Wildman–Crippen MR) is 129 cm³/mol. The van der Waals surface area contributed by atoms with E-state index >= 15 is 0 Å². The Morgan fingerprint density at radius 3 is 1.38 bits per heavy atom. The molecule has 1 unspecified atom stereocenters. The van der Waals surface area contributed by atoms with E-state index in [1.807, 2.05) is 0 Å². The molecule has 0 spiro atoms. The van der Waals surface area contributed by atoms with Gasteiger partial charge in [0.05, 0.1) is 0 Å². The summed E-state index contributed by atoms with van der Waals surface area (Å²) in [5, 5.41) is 7.20. The molecule has 0 aromatic heterocycles. The Morgan fingerprint density at radius 1 is 0.552 bits per heavy atom. The van der Waals surface area contributed by atoms with E-state index in [0.717, 1.165) is 19.6 Å². The molecule has 4 N–H and O–H groups in total. The molecule has 29 heavy (non-hydrogen) atoms. The van der Waals surface area contributed by atoms with Gasteiger partial charge >= 0.3 is 0 Å². The van der Waals surface area contributed by atoms with Crippen LogP contribution in [0.4, 0.5) is 5.69 Å². The van der Waals surface area contributed by atoms with Crippen LogP contribution in [0.5, 0.6) is 0 Å². The summed E-state index contributed by atoms with van der Waals surface area (Å²) in [6.45, 7) is 24.7. The van der Waals surface area contributed by atoms with Gasteiger partial charge in [-0.05, 0) is 130 Å². The van der Waals surface area contributed by atoms with Crippen LogP contribution in [0.25, 0.3) is 0 Å². The van der Waals surface area contributed by atoms with Crippen molar-refractivity contribution in [2.75, 3.05) is 25.0 Å². The van der Waals surface area contributed by atoms with E-state index in [1.165, 1.54) is 66.9 Å². The third-order valence-electron chi connectivity index (χ3n) is 7.40. The number of nitrogens with two attached hydrogens (primary N) is 1. The first-order valence-electron chi connectivity index (χ1n) is 10.8. The van der Waals surface area contributed by atoms with Crippen molar-refractivity contribution in [3.63, 3.8) is 0 Å². The van der Waals surface area contributed by atoms with Crippen molar-refractivity contribution in [1.29, 1.82) is 0 Å². The molecule has 3 heteroatoms. The van der Waals surface area contributed by atoms with Crippen LogP contribution in [0.15, 0.2) is 0 Å². The normalized spacial score (nSPS) is 12.4. The van der Waals surface area contributed by atoms with E-state index in [2.05, 4.69) is 79.9 Å². The Bertz CT molecular complexity index is 851. The molecule has 2 aromatic carbocycles. The SMILES string of the molecule is Cc1c(C)c(C)c(NCCNCC(N)c2c(C)c(C)c(C)c(C)c2C)c(C)c1C. The lowest BCUT2D eigenvalue weighted by Gasteiger charge is -2.24. The van der Waals surface area contributed by atoms with Gasteiger partial charge in [-0.3, -0.25) is 0 Å². The first-order valence-corrected chi connectivity index (χ1v) is 10.8. The fourth-order valence-electron chi connectivity index (χ4n) is 4.49. The van der Waals surface area contributed by atoms with Gasteiger partial charge in [-0.1, -0.05) is 0 Å². The number of nitrogens with one attached hydrogen (secondary N) is 2. The molecule has 3 nitrogen and oxygen atoms in total. The number of benzene rings is 2. The molecular formula is C26H41N3. The Balaban J connectivity index is 2.00. The molecule has 2 rings (SSSR count). The molecule has 0 amide bonds. The summed E-state index contributed by atoms with van der Waals surface area (Å²) in [5.41, 5.74) is 22.9. The Labute approximate surface area is 178 Å². The van der Waals surface area contributed by atoms with Crippen LogP contribution < -0.4 is 16.4 Å². The molecule has 160 valence electrons. The topological polar surface area (TPSA) is 50.1 Å². The lowest BCUT2D eigenvalue weighted by atomic mass is 9.86. The van der Waals surface area contributed by atoms with E-state index < -0.39 is 0 Å². The minimum Gasteiger partial charge on any atom is -0.383 e. The summed E-state index contributed by atoms with van der Waals surface area (Å²) >= 11 is 0. The highest BCUT2D eigenvalue weighted by molar-refractivity contribution is 5.64. The second-order valence-corrected chi connectivity index (χ2v) is 8.78. The molecule has 2 aromatic rings. The van der Waals surface area contributed by atoms with Gasteiger partial charge < -0.3 is 16.4 Å². The maximum Gasteiger partial charge on any atom is 0.0427 e. The van der Waals surface area contributed by atoms with Gasteiger partial charge in [0.25, 0.3) is 0 Å². The van der Waals surface area contributed by atoms with Crippen LogP contribution in [-0.2, 0) is 0 Å². The predicted octanol–water partition coefficient (Wildman–Crippen LogP) is 5.47. The molecule has 0 fully saturated rings. The largest absolute Gasteiger partial charge is 0.383 e. The van der Waals surface area contributed by atoms with Crippen LogP contribution in [0.2, 0.25) is 0 Å². The summed E-state index contributed by atoms with van der Waals surface area (Å²) in [6.07, 6.45) is 0. The van der Waals surface area contributed by atoms with Crippen molar-refractivity contribution in [2.45, 2.75) is 75.3 Å². The number of hydrogen-bond donors (Lipinski definition) is 3. The fraction of sp³-hybridized carbons (Fsp3) is 0.538. The average Bonchev–Trinajstić information content (AvgIpc) is 2.69. The van der Waals surface area contributed by atoms with Crippen molar-refractivity contribution in [2.24, 2.45) is 5.73 Å². The highest BCUT2D eigenvalue weighted by Gasteiger charge is 2.17. The Morgan fingerprint density at radius 2 is 0.931 bits per heavy atom. The van der Waals surface area contributed by atoms with Gasteiger partial charge in [0.1, 0.15) is 0 Å². The summed E-state index contributed by atoms with van der Waals surface area (Å²) in [4.78, 5) is 0. The molecule has 1 atom stereocenters. The second-order valence-electron chi connectivity index (χ2n) is 8.78. The summed E-state index contributed by atoms with van der Waals surface area (Å²) < 4.78 is 0. The molecule has 0 radical (unpaired) electrons. The van der Waals surface area contributed by atoms with E-state index in [4.69, 9.17) is 5.73 Å². The van der Waals surface area contributed by atoms with Crippen LogP contribution in [0.3, 0.4) is 0 Å². The second kappa shape index (κ2) is 9.32. The highest BCUT2D eigenvalue weighted by Crippen LogP contribution is 2.30. The van der Waals surface area contributed by atoms with E-state index in [9.17, 15) is 0 Å². The Hall–Kier alpha value is -1.84. The van der Waals surface area contributed by atoms with Crippen molar-refractivity contribution in [3.8, 4) is 0 Å². The van der Waals surface area contributed by atoms with Crippen molar-refractivity contribution < 1.29 is 0 Å². The van der Waals surface area contributed by atoms with Gasteiger partial charge in [0.2, 0.25) is 0 Å². The highest BCUT2D eigenvalue weighted by atomic mass is 15.0. The Kier molecular flexibility index (Phi) is 7.53.